The summed E-state index contributed by atoms with van der Waals surface area (Å²) in [6.45, 7) is 6.81. The summed E-state index contributed by atoms with van der Waals surface area (Å²) in [5.41, 5.74) is 0.00267. The second-order valence-electron chi connectivity index (χ2n) is 7.62. The molecule has 0 saturated carbocycles. The van der Waals surface area contributed by atoms with Crippen molar-refractivity contribution in [1.82, 2.24) is 20.5 Å². The van der Waals surface area contributed by atoms with Crippen LogP contribution in [0.25, 0.3) is 10.6 Å². The Hall–Kier alpha value is -3.05. The lowest BCUT2D eigenvalue weighted by atomic mass is 10.1. The number of hydrogen-bond donors (Lipinski definition) is 2. The number of thiazole rings is 1. The van der Waals surface area contributed by atoms with Crippen molar-refractivity contribution in [1.29, 1.82) is 0 Å². The van der Waals surface area contributed by atoms with E-state index in [0.29, 0.717) is 16.3 Å². The topological polar surface area (TPSA) is 97.2 Å². The van der Waals surface area contributed by atoms with Crippen LogP contribution in [0.2, 0.25) is 0 Å². The van der Waals surface area contributed by atoms with Gasteiger partial charge in [-0.05, 0) is 58.0 Å². The summed E-state index contributed by atoms with van der Waals surface area (Å²) in [6, 6.07) is 6.22. The van der Waals surface area contributed by atoms with Crippen LogP contribution in [0.5, 0.6) is 5.75 Å². The Morgan fingerprint density at radius 2 is 1.88 bits per heavy atom. The van der Waals surface area contributed by atoms with Crippen molar-refractivity contribution in [3.05, 3.63) is 58.4 Å². The highest BCUT2D eigenvalue weighted by atomic mass is 32.1. The lowest BCUT2D eigenvalue weighted by Gasteiger charge is -2.19. The Morgan fingerprint density at radius 3 is 2.42 bits per heavy atom. The van der Waals surface area contributed by atoms with E-state index in [1.54, 1.807) is 39.1 Å². The minimum atomic E-state index is -4.59. The molecule has 0 radical (unpaired) electrons. The fraction of sp³-hybridized carbons (Fsp3) is 0.364. The Kier molecular flexibility index (Phi) is 7.33. The number of aryl methyl sites for hydroxylation is 1. The minimum Gasteiger partial charge on any atom is -0.488 e. The number of halogens is 3. The maximum atomic E-state index is 13.0. The SMILES string of the molecule is Cc1cnc(-c2cc(OC(C)C(C)O)cc(C(=O)NC(C)c3ccc(C(F)(F)F)nn3)c2)s1. The molecule has 0 aliphatic rings. The van der Waals surface area contributed by atoms with Gasteiger partial charge in [0.15, 0.2) is 5.69 Å². The van der Waals surface area contributed by atoms with E-state index in [0.717, 1.165) is 10.9 Å². The fourth-order valence-electron chi connectivity index (χ4n) is 2.80. The number of nitrogens with one attached hydrogen (secondary N) is 1. The number of aromatic nitrogens is 3. The highest BCUT2D eigenvalue weighted by Crippen LogP contribution is 2.31. The zero-order valence-corrected chi connectivity index (χ0v) is 19.2. The van der Waals surface area contributed by atoms with E-state index in [1.807, 2.05) is 6.92 Å². The number of rotatable bonds is 7. The molecule has 1 amide bonds. The van der Waals surface area contributed by atoms with E-state index < -0.39 is 36.0 Å². The monoisotopic (exact) mass is 480 g/mol. The molecule has 0 saturated heterocycles. The van der Waals surface area contributed by atoms with E-state index in [4.69, 9.17) is 4.74 Å². The first-order valence-corrected chi connectivity index (χ1v) is 10.9. The number of carbonyl (C=O) groups excluding carboxylic acids is 1. The molecule has 2 aromatic heterocycles. The third-order valence-corrected chi connectivity index (χ3v) is 5.77. The van der Waals surface area contributed by atoms with Crippen LogP contribution in [0.4, 0.5) is 13.2 Å². The van der Waals surface area contributed by atoms with Gasteiger partial charge in [0.05, 0.1) is 17.8 Å². The van der Waals surface area contributed by atoms with Crippen LogP contribution in [0.1, 0.15) is 53.4 Å². The molecule has 3 rings (SSSR count). The molecule has 176 valence electrons. The number of benzene rings is 1. The highest BCUT2D eigenvalue weighted by molar-refractivity contribution is 7.14. The highest BCUT2D eigenvalue weighted by Gasteiger charge is 2.33. The molecule has 11 heteroatoms. The van der Waals surface area contributed by atoms with Crippen LogP contribution in [-0.4, -0.2) is 38.4 Å². The van der Waals surface area contributed by atoms with Gasteiger partial charge in [0.25, 0.3) is 5.91 Å². The molecule has 3 aromatic rings. The number of alkyl halides is 3. The quantitative estimate of drug-likeness (QED) is 0.514. The van der Waals surface area contributed by atoms with Gasteiger partial charge in [-0.2, -0.15) is 18.3 Å². The van der Waals surface area contributed by atoms with Gasteiger partial charge in [-0.15, -0.1) is 16.4 Å². The molecule has 7 nitrogen and oxygen atoms in total. The summed E-state index contributed by atoms with van der Waals surface area (Å²) in [6.07, 6.45) is -4.12. The molecule has 0 spiro atoms. The van der Waals surface area contributed by atoms with Gasteiger partial charge in [0.2, 0.25) is 0 Å². The molecular formula is C22H23F3N4O3S. The van der Waals surface area contributed by atoms with Crippen LogP contribution < -0.4 is 10.1 Å². The molecule has 3 unspecified atom stereocenters. The predicted molar refractivity (Wildman–Crippen MR) is 117 cm³/mol. The number of aliphatic hydroxyl groups is 1. The second kappa shape index (κ2) is 9.84. The van der Waals surface area contributed by atoms with Gasteiger partial charge in [-0.3, -0.25) is 4.79 Å². The first-order chi connectivity index (χ1) is 15.4. The molecule has 1 aromatic carbocycles. The van der Waals surface area contributed by atoms with E-state index in [1.165, 1.54) is 23.5 Å². The first kappa shape index (κ1) is 24.6. The number of ether oxygens (including phenoxy) is 1. The molecule has 2 heterocycles. The number of nitrogens with zero attached hydrogens (tertiary/aromatic N) is 3. The van der Waals surface area contributed by atoms with Gasteiger partial charge in [0.1, 0.15) is 16.9 Å². The molecule has 0 bridgehead atoms. The number of hydrogen-bond acceptors (Lipinski definition) is 7. The number of carbonyl (C=O) groups is 1. The molecule has 2 N–H and O–H groups in total. The molecule has 0 aliphatic carbocycles. The van der Waals surface area contributed by atoms with Crippen molar-refractivity contribution in [2.24, 2.45) is 0 Å². The van der Waals surface area contributed by atoms with Gasteiger partial charge >= 0.3 is 6.18 Å². The van der Waals surface area contributed by atoms with Crippen molar-refractivity contribution < 1.29 is 27.8 Å². The summed E-state index contributed by atoms with van der Waals surface area (Å²) >= 11 is 1.45. The van der Waals surface area contributed by atoms with Crippen molar-refractivity contribution in [3.63, 3.8) is 0 Å². The second-order valence-corrected chi connectivity index (χ2v) is 8.86. The van der Waals surface area contributed by atoms with E-state index in [-0.39, 0.29) is 11.3 Å². The number of aliphatic hydroxyl groups excluding tert-OH is 1. The lowest BCUT2D eigenvalue weighted by molar-refractivity contribution is -0.141. The van der Waals surface area contributed by atoms with Gasteiger partial charge in [-0.25, -0.2) is 4.98 Å². The lowest BCUT2D eigenvalue weighted by Crippen LogP contribution is -2.28. The van der Waals surface area contributed by atoms with Crippen LogP contribution >= 0.6 is 11.3 Å². The van der Waals surface area contributed by atoms with Crippen LogP contribution in [0.15, 0.2) is 36.5 Å². The van der Waals surface area contributed by atoms with Gasteiger partial charge in [-0.1, -0.05) is 0 Å². The summed E-state index contributed by atoms with van der Waals surface area (Å²) in [4.78, 5) is 18.3. The third kappa shape index (κ3) is 6.26. The van der Waals surface area contributed by atoms with Gasteiger partial charge in [0, 0.05) is 22.2 Å². The summed E-state index contributed by atoms with van der Waals surface area (Å²) in [5.74, 6) is -0.102. The largest absolute Gasteiger partial charge is 0.488 e. The fourth-order valence-corrected chi connectivity index (χ4v) is 3.55. The van der Waals surface area contributed by atoms with Crippen molar-refractivity contribution in [2.75, 3.05) is 0 Å². The third-order valence-electron chi connectivity index (χ3n) is 4.81. The van der Waals surface area contributed by atoms with Crippen LogP contribution in [0, 0.1) is 6.92 Å². The molecule has 0 aliphatic heterocycles. The molecule has 33 heavy (non-hydrogen) atoms. The average Bonchev–Trinajstić information content (AvgIpc) is 3.19. The summed E-state index contributed by atoms with van der Waals surface area (Å²) < 4.78 is 43.9. The zero-order chi connectivity index (χ0) is 24.3. The van der Waals surface area contributed by atoms with Crippen LogP contribution in [0.3, 0.4) is 0 Å². The predicted octanol–water partition coefficient (Wildman–Crippen LogP) is 4.57. The molecule has 0 fully saturated rings. The Morgan fingerprint density at radius 1 is 1.15 bits per heavy atom. The minimum absolute atomic E-state index is 0.183. The Labute approximate surface area is 192 Å². The molecule has 3 atom stereocenters. The van der Waals surface area contributed by atoms with Crippen molar-refractivity contribution >= 4 is 17.2 Å². The maximum Gasteiger partial charge on any atom is 0.435 e. The van der Waals surface area contributed by atoms with Gasteiger partial charge < -0.3 is 15.2 Å². The Balaban J connectivity index is 1.86. The zero-order valence-electron chi connectivity index (χ0n) is 18.3. The van der Waals surface area contributed by atoms with Crippen LogP contribution in [-0.2, 0) is 6.18 Å². The van der Waals surface area contributed by atoms with Crippen molar-refractivity contribution in [3.8, 4) is 16.3 Å². The van der Waals surface area contributed by atoms with E-state index in [9.17, 15) is 23.1 Å². The van der Waals surface area contributed by atoms with E-state index >= 15 is 0 Å². The summed E-state index contributed by atoms with van der Waals surface area (Å²) in [5, 5.41) is 20.0. The van der Waals surface area contributed by atoms with Crippen molar-refractivity contribution in [2.45, 2.75) is 52.1 Å². The van der Waals surface area contributed by atoms with E-state index in [2.05, 4.69) is 20.5 Å². The number of amides is 1. The smallest absolute Gasteiger partial charge is 0.435 e. The standard InChI is InChI=1S/C22H23F3N4O3S/c1-11-10-26-21(33-11)16-7-15(8-17(9-16)32-14(4)13(3)30)20(31)27-12(2)18-5-6-19(29-28-18)22(23,24)25/h5-10,12-14,30H,1-4H3,(H,27,31). The normalized spacial score (nSPS) is 14.4. The first-order valence-electron chi connectivity index (χ1n) is 10.1. The molecular weight excluding hydrogens is 457 g/mol. The average molecular weight is 481 g/mol. The Bertz CT molecular complexity index is 1120. The summed E-state index contributed by atoms with van der Waals surface area (Å²) in [7, 11) is 0. The maximum absolute atomic E-state index is 13.0.